The zero-order valence-corrected chi connectivity index (χ0v) is 16.1. The van der Waals surface area contributed by atoms with E-state index >= 15 is 0 Å². The second-order valence-corrected chi connectivity index (χ2v) is 8.45. The molecular formula is C17H17F3N4O4S. The fourth-order valence-corrected chi connectivity index (χ4v) is 4.57. The van der Waals surface area contributed by atoms with Gasteiger partial charge in [-0.15, -0.1) is 0 Å². The van der Waals surface area contributed by atoms with E-state index in [4.69, 9.17) is 0 Å². The van der Waals surface area contributed by atoms with E-state index in [1.807, 2.05) is 0 Å². The van der Waals surface area contributed by atoms with Gasteiger partial charge in [-0.25, -0.2) is 13.4 Å². The number of piperazine rings is 1. The summed E-state index contributed by atoms with van der Waals surface area (Å²) in [6.07, 6.45) is -3.50. The molecule has 156 valence electrons. The van der Waals surface area contributed by atoms with Gasteiger partial charge in [-0.1, -0.05) is 6.07 Å². The van der Waals surface area contributed by atoms with Crippen LogP contribution < -0.4 is 4.90 Å². The number of aryl methyl sites for hydroxylation is 1. The Kier molecular flexibility index (Phi) is 5.50. The van der Waals surface area contributed by atoms with E-state index < -0.39 is 31.6 Å². The highest BCUT2D eigenvalue weighted by molar-refractivity contribution is 7.89. The molecule has 3 rings (SSSR count). The molecule has 0 atom stereocenters. The third kappa shape index (κ3) is 4.32. The number of hydrogen-bond acceptors (Lipinski definition) is 6. The van der Waals surface area contributed by atoms with Gasteiger partial charge in [0.25, 0.3) is 5.69 Å². The predicted octanol–water partition coefficient (Wildman–Crippen LogP) is 2.83. The Labute approximate surface area is 164 Å². The highest BCUT2D eigenvalue weighted by Crippen LogP contribution is 2.31. The predicted molar refractivity (Wildman–Crippen MR) is 98.0 cm³/mol. The first kappa shape index (κ1) is 21.0. The summed E-state index contributed by atoms with van der Waals surface area (Å²) in [7, 11) is -4.08. The molecule has 1 aliphatic rings. The molecule has 0 N–H and O–H groups in total. The maximum absolute atomic E-state index is 12.9. The van der Waals surface area contributed by atoms with Gasteiger partial charge in [0.2, 0.25) is 10.0 Å². The molecule has 1 fully saturated rings. The van der Waals surface area contributed by atoms with E-state index in [-0.39, 0.29) is 31.9 Å². The van der Waals surface area contributed by atoms with Gasteiger partial charge in [-0.3, -0.25) is 10.1 Å². The third-order valence-electron chi connectivity index (χ3n) is 4.58. The summed E-state index contributed by atoms with van der Waals surface area (Å²) >= 11 is 0. The Morgan fingerprint density at radius 2 is 1.79 bits per heavy atom. The van der Waals surface area contributed by atoms with Crippen LogP contribution in [-0.4, -0.2) is 48.8 Å². The van der Waals surface area contributed by atoms with E-state index in [1.54, 1.807) is 11.8 Å². The van der Waals surface area contributed by atoms with Crippen LogP contribution >= 0.6 is 0 Å². The van der Waals surface area contributed by atoms with Crippen LogP contribution in [0.5, 0.6) is 0 Å². The maximum atomic E-state index is 12.9. The molecule has 29 heavy (non-hydrogen) atoms. The Bertz CT molecular complexity index is 1040. The number of nitro groups is 1. The Morgan fingerprint density at radius 3 is 2.34 bits per heavy atom. The number of benzene rings is 1. The zero-order valence-electron chi connectivity index (χ0n) is 15.3. The van der Waals surface area contributed by atoms with E-state index in [0.29, 0.717) is 17.4 Å². The summed E-state index contributed by atoms with van der Waals surface area (Å²) in [5.74, 6) is 0.506. The quantitative estimate of drug-likeness (QED) is 0.547. The number of alkyl halides is 3. The summed E-state index contributed by atoms with van der Waals surface area (Å²) in [4.78, 5) is 15.7. The highest BCUT2D eigenvalue weighted by atomic mass is 32.2. The molecule has 2 aromatic rings. The van der Waals surface area contributed by atoms with Crippen molar-refractivity contribution in [2.24, 2.45) is 0 Å². The lowest BCUT2D eigenvalue weighted by molar-refractivity contribution is -0.385. The van der Waals surface area contributed by atoms with Crippen LogP contribution in [0.25, 0.3) is 0 Å². The summed E-state index contributed by atoms with van der Waals surface area (Å²) in [6.45, 7) is 2.28. The average molecular weight is 430 g/mol. The fourth-order valence-electron chi connectivity index (χ4n) is 3.11. The molecule has 1 aromatic carbocycles. The molecule has 8 nitrogen and oxygen atoms in total. The van der Waals surface area contributed by atoms with Crippen molar-refractivity contribution in [1.29, 1.82) is 0 Å². The molecular weight excluding hydrogens is 413 g/mol. The normalized spacial score (nSPS) is 16.1. The van der Waals surface area contributed by atoms with Crippen molar-refractivity contribution >= 4 is 21.5 Å². The van der Waals surface area contributed by atoms with Gasteiger partial charge in [0.05, 0.1) is 15.4 Å². The highest BCUT2D eigenvalue weighted by Gasteiger charge is 2.34. The van der Waals surface area contributed by atoms with Crippen molar-refractivity contribution in [2.45, 2.75) is 18.0 Å². The van der Waals surface area contributed by atoms with E-state index in [2.05, 4.69) is 4.98 Å². The van der Waals surface area contributed by atoms with Crippen molar-refractivity contribution in [1.82, 2.24) is 9.29 Å². The first-order valence-electron chi connectivity index (χ1n) is 8.53. The van der Waals surface area contributed by atoms with Crippen LogP contribution in [-0.2, 0) is 16.2 Å². The standard InChI is InChI=1S/C17H17F3N4O4S/c1-12-9-14(24(25)26)11-21-16(12)22-5-7-23(8-6-22)29(27,28)15-4-2-3-13(10-15)17(18,19)20/h2-4,9-11H,5-8H2,1H3. The van der Waals surface area contributed by atoms with Gasteiger partial charge in [0, 0.05) is 32.2 Å². The molecule has 0 spiro atoms. The first-order chi connectivity index (χ1) is 13.5. The van der Waals surface area contributed by atoms with Crippen LogP contribution in [0.1, 0.15) is 11.1 Å². The molecule has 0 amide bonds. The lowest BCUT2D eigenvalue weighted by atomic mass is 10.2. The largest absolute Gasteiger partial charge is 0.416 e. The smallest absolute Gasteiger partial charge is 0.354 e. The fraction of sp³-hybridized carbons (Fsp3) is 0.353. The number of sulfonamides is 1. The van der Waals surface area contributed by atoms with Crippen LogP contribution in [0.15, 0.2) is 41.4 Å². The Hall–Kier alpha value is -2.73. The van der Waals surface area contributed by atoms with E-state index in [9.17, 15) is 31.7 Å². The first-order valence-corrected chi connectivity index (χ1v) is 9.97. The van der Waals surface area contributed by atoms with E-state index in [0.717, 1.165) is 28.7 Å². The van der Waals surface area contributed by atoms with Gasteiger partial charge in [0.1, 0.15) is 12.0 Å². The molecule has 1 saturated heterocycles. The third-order valence-corrected chi connectivity index (χ3v) is 6.48. The second kappa shape index (κ2) is 7.59. The number of aromatic nitrogens is 1. The van der Waals surface area contributed by atoms with Crippen LogP contribution in [0.2, 0.25) is 0 Å². The van der Waals surface area contributed by atoms with Gasteiger partial charge >= 0.3 is 6.18 Å². The molecule has 1 aliphatic heterocycles. The van der Waals surface area contributed by atoms with Crippen LogP contribution in [0, 0.1) is 17.0 Å². The molecule has 12 heteroatoms. The van der Waals surface area contributed by atoms with Crippen molar-refractivity contribution in [2.75, 3.05) is 31.1 Å². The molecule has 0 radical (unpaired) electrons. The molecule has 0 bridgehead atoms. The minimum atomic E-state index is -4.64. The van der Waals surface area contributed by atoms with Crippen molar-refractivity contribution in [3.05, 3.63) is 57.8 Å². The number of anilines is 1. The zero-order chi connectivity index (χ0) is 21.4. The summed E-state index contributed by atoms with van der Waals surface area (Å²) in [6, 6.07) is 5.03. The molecule has 0 saturated carbocycles. The number of halogens is 3. The topological polar surface area (TPSA) is 96.7 Å². The number of nitrogens with zero attached hydrogens (tertiary/aromatic N) is 4. The van der Waals surface area contributed by atoms with Crippen LogP contribution in [0.3, 0.4) is 0 Å². The van der Waals surface area contributed by atoms with Crippen molar-refractivity contribution < 1.29 is 26.5 Å². The van der Waals surface area contributed by atoms with Gasteiger partial charge in [0.15, 0.2) is 0 Å². The molecule has 0 unspecified atom stereocenters. The SMILES string of the molecule is Cc1cc([N+](=O)[O-])cnc1N1CCN(S(=O)(=O)c2cccc(C(F)(F)F)c2)CC1. The van der Waals surface area contributed by atoms with Gasteiger partial charge in [-0.05, 0) is 30.7 Å². The van der Waals surface area contributed by atoms with Crippen molar-refractivity contribution in [3.63, 3.8) is 0 Å². The van der Waals surface area contributed by atoms with Crippen molar-refractivity contribution in [3.8, 4) is 0 Å². The minimum absolute atomic E-state index is 0.0523. The number of pyridine rings is 1. The average Bonchev–Trinajstić information content (AvgIpc) is 2.67. The molecule has 1 aromatic heterocycles. The molecule has 0 aliphatic carbocycles. The van der Waals surface area contributed by atoms with Gasteiger partial charge in [-0.2, -0.15) is 17.5 Å². The maximum Gasteiger partial charge on any atom is 0.416 e. The van der Waals surface area contributed by atoms with E-state index in [1.165, 1.54) is 6.07 Å². The lowest BCUT2D eigenvalue weighted by Crippen LogP contribution is -2.49. The second-order valence-electron chi connectivity index (χ2n) is 6.51. The summed E-state index contributed by atoms with van der Waals surface area (Å²) in [5.41, 5.74) is -0.590. The summed E-state index contributed by atoms with van der Waals surface area (Å²) in [5, 5.41) is 10.8. The number of rotatable bonds is 4. The lowest BCUT2D eigenvalue weighted by Gasteiger charge is -2.35. The van der Waals surface area contributed by atoms with Gasteiger partial charge < -0.3 is 4.90 Å². The summed E-state index contributed by atoms with van der Waals surface area (Å²) < 4.78 is 65.3. The number of hydrogen-bond donors (Lipinski definition) is 0. The Balaban J connectivity index is 1.76. The Morgan fingerprint density at radius 1 is 1.14 bits per heavy atom. The molecule has 2 heterocycles. The van der Waals surface area contributed by atoms with Crippen LogP contribution in [0.4, 0.5) is 24.7 Å². The monoisotopic (exact) mass is 430 g/mol. The minimum Gasteiger partial charge on any atom is -0.354 e.